The van der Waals surface area contributed by atoms with Crippen LogP contribution in [0, 0.1) is 0 Å². The molecule has 0 aliphatic carbocycles. The largest absolute Gasteiger partial charge is 0.494 e. The first kappa shape index (κ1) is 22.4. The maximum absolute atomic E-state index is 12.9. The Hall–Kier alpha value is -3.82. The van der Waals surface area contributed by atoms with Crippen LogP contribution in [0.15, 0.2) is 41.3 Å². The van der Waals surface area contributed by atoms with E-state index in [9.17, 15) is 14.4 Å². The Balaban J connectivity index is 1.52. The number of anilines is 1. The first-order chi connectivity index (χ1) is 16.0. The highest BCUT2D eigenvalue weighted by Gasteiger charge is 2.27. The summed E-state index contributed by atoms with van der Waals surface area (Å²) < 4.78 is 11.7. The lowest BCUT2D eigenvalue weighted by Gasteiger charge is -2.30. The number of hydrogen-bond donors (Lipinski definition) is 2. The van der Waals surface area contributed by atoms with Crippen LogP contribution in [0.5, 0.6) is 5.75 Å². The molecule has 0 spiro atoms. The normalized spacial score (nSPS) is 14.3. The third kappa shape index (κ3) is 4.84. The van der Waals surface area contributed by atoms with Crippen LogP contribution < -0.4 is 15.6 Å². The number of nitrogens with one attached hydrogen (secondary N) is 2. The van der Waals surface area contributed by atoms with Gasteiger partial charge in [-0.2, -0.15) is 0 Å². The number of fused-ring (bicyclic) bond motifs is 1. The summed E-state index contributed by atoms with van der Waals surface area (Å²) in [4.78, 5) is 43.8. The summed E-state index contributed by atoms with van der Waals surface area (Å²) in [5, 5.41) is 5.63. The lowest BCUT2D eigenvalue weighted by Crippen LogP contribution is -2.38. The van der Waals surface area contributed by atoms with Crippen molar-refractivity contribution in [3.05, 3.63) is 58.1 Å². The lowest BCUT2D eigenvalue weighted by molar-refractivity contribution is 0.0967. The summed E-state index contributed by atoms with van der Waals surface area (Å²) >= 11 is 0. The van der Waals surface area contributed by atoms with Gasteiger partial charge >= 0.3 is 6.09 Å². The maximum atomic E-state index is 12.9. The molecule has 10 heteroatoms. The van der Waals surface area contributed by atoms with Gasteiger partial charge in [0.15, 0.2) is 5.65 Å². The van der Waals surface area contributed by atoms with E-state index in [1.54, 1.807) is 36.1 Å². The average molecular weight is 453 g/mol. The number of aromatic amines is 1. The van der Waals surface area contributed by atoms with E-state index in [1.807, 2.05) is 6.92 Å². The van der Waals surface area contributed by atoms with E-state index in [-0.39, 0.29) is 34.7 Å². The Bertz CT molecular complexity index is 1190. The average Bonchev–Trinajstić information content (AvgIpc) is 3.26. The fourth-order valence-corrected chi connectivity index (χ4v) is 3.95. The third-order valence-corrected chi connectivity index (χ3v) is 5.62. The van der Waals surface area contributed by atoms with E-state index in [0.29, 0.717) is 50.5 Å². The van der Waals surface area contributed by atoms with Crippen LogP contribution in [0.3, 0.4) is 0 Å². The fourth-order valence-electron chi connectivity index (χ4n) is 3.95. The summed E-state index contributed by atoms with van der Waals surface area (Å²) in [6.07, 6.45) is 2.48. The van der Waals surface area contributed by atoms with Gasteiger partial charge in [0, 0.05) is 37.0 Å². The number of nitrogens with zero attached hydrogens (tertiary/aromatic N) is 3. The zero-order valence-electron chi connectivity index (χ0n) is 18.7. The predicted molar refractivity (Wildman–Crippen MR) is 122 cm³/mol. The Kier molecular flexibility index (Phi) is 6.62. The van der Waals surface area contributed by atoms with Crippen molar-refractivity contribution in [2.45, 2.75) is 32.6 Å². The van der Waals surface area contributed by atoms with Crippen LogP contribution in [0.2, 0.25) is 0 Å². The number of carbonyl (C=O) groups is 2. The number of aromatic nitrogens is 3. The molecule has 2 N–H and O–H groups in total. The summed E-state index contributed by atoms with van der Waals surface area (Å²) in [6, 6.07) is 8.54. The molecule has 3 aromatic rings. The molecular formula is C23H27N5O5. The molecule has 3 heterocycles. The molecule has 33 heavy (non-hydrogen) atoms. The minimum atomic E-state index is -0.376. The van der Waals surface area contributed by atoms with E-state index in [0.717, 1.165) is 5.75 Å². The number of rotatable bonds is 6. The summed E-state index contributed by atoms with van der Waals surface area (Å²) in [7, 11) is 0. The van der Waals surface area contributed by atoms with Gasteiger partial charge in [0.05, 0.1) is 18.9 Å². The van der Waals surface area contributed by atoms with E-state index < -0.39 is 0 Å². The molecule has 1 aliphatic rings. The number of likely N-dealkylation sites (tertiary alicyclic amines) is 1. The van der Waals surface area contributed by atoms with Gasteiger partial charge in [0.2, 0.25) is 0 Å². The van der Waals surface area contributed by atoms with Crippen molar-refractivity contribution in [2.24, 2.45) is 0 Å². The maximum Gasteiger partial charge on any atom is 0.409 e. The molecule has 0 bridgehead atoms. The zero-order valence-corrected chi connectivity index (χ0v) is 18.7. The monoisotopic (exact) mass is 453 g/mol. The minimum absolute atomic E-state index is 0.0188. The molecule has 1 fully saturated rings. The van der Waals surface area contributed by atoms with Crippen LogP contribution in [-0.2, 0) is 4.74 Å². The molecule has 0 radical (unpaired) electrons. The lowest BCUT2D eigenvalue weighted by atomic mass is 9.93. The molecule has 0 atom stereocenters. The number of amides is 2. The van der Waals surface area contributed by atoms with E-state index in [2.05, 4.69) is 15.4 Å². The molecule has 1 aromatic carbocycles. The number of piperidine rings is 1. The van der Waals surface area contributed by atoms with Crippen molar-refractivity contribution in [1.82, 2.24) is 19.5 Å². The van der Waals surface area contributed by atoms with Crippen molar-refractivity contribution in [1.29, 1.82) is 0 Å². The Morgan fingerprint density at radius 3 is 2.55 bits per heavy atom. The number of hydrogen-bond acceptors (Lipinski definition) is 6. The highest BCUT2D eigenvalue weighted by molar-refractivity contribution is 6.08. The third-order valence-electron chi connectivity index (χ3n) is 5.62. The Morgan fingerprint density at radius 2 is 1.88 bits per heavy atom. The minimum Gasteiger partial charge on any atom is -0.494 e. The highest BCUT2D eigenvalue weighted by Crippen LogP contribution is 2.27. The second-order valence-electron chi connectivity index (χ2n) is 7.74. The van der Waals surface area contributed by atoms with Gasteiger partial charge in [0.25, 0.3) is 11.5 Å². The number of benzene rings is 1. The molecule has 0 saturated carbocycles. The SMILES string of the molecule is CCOC(=O)N1CCC(c2cc(=O)n3[nH]cc(C(=O)Nc4ccc(OCC)cc4)c3n2)CC1. The molecule has 2 amide bonds. The van der Waals surface area contributed by atoms with Crippen molar-refractivity contribution >= 4 is 23.3 Å². The van der Waals surface area contributed by atoms with Gasteiger partial charge in [-0.15, -0.1) is 0 Å². The Morgan fingerprint density at radius 1 is 1.15 bits per heavy atom. The molecule has 0 unspecified atom stereocenters. The van der Waals surface area contributed by atoms with Gasteiger partial charge in [0.1, 0.15) is 11.3 Å². The van der Waals surface area contributed by atoms with Crippen LogP contribution in [0.25, 0.3) is 5.65 Å². The number of ether oxygens (including phenoxy) is 2. The summed E-state index contributed by atoms with van der Waals surface area (Å²) in [6.45, 7) is 5.64. The molecule has 1 saturated heterocycles. The van der Waals surface area contributed by atoms with Crippen molar-refractivity contribution < 1.29 is 19.1 Å². The van der Waals surface area contributed by atoms with Crippen LogP contribution >= 0.6 is 0 Å². The first-order valence-corrected chi connectivity index (χ1v) is 11.1. The zero-order chi connectivity index (χ0) is 23.4. The molecule has 2 aromatic heterocycles. The molecule has 1 aliphatic heterocycles. The van der Waals surface area contributed by atoms with E-state index in [4.69, 9.17) is 9.47 Å². The topological polar surface area (TPSA) is 118 Å². The first-order valence-electron chi connectivity index (χ1n) is 11.1. The summed E-state index contributed by atoms with van der Waals surface area (Å²) in [5.41, 5.74) is 1.48. The summed E-state index contributed by atoms with van der Waals surface area (Å²) in [5.74, 6) is 0.360. The van der Waals surface area contributed by atoms with E-state index in [1.165, 1.54) is 16.8 Å². The van der Waals surface area contributed by atoms with Gasteiger partial charge in [-0.05, 0) is 51.0 Å². The number of H-pyrrole nitrogens is 1. The highest BCUT2D eigenvalue weighted by atomic mass is 16.6. The standard InChI is InChI=1S/C23H27N5O5/c1-3-32-17-7-5-16(6-8-17)25-22(30)18-14-24-28-20(29)13-19(26-21(18)28)15-9-11-27(12-10-15)23(31)33-4-2/h5-8,13-15,24H,3-4,9-12H2,1-2H3,(H,25,30). The predicted octanol–water partition coefficient (Wildman–Crippen LogP) is 3.01. The van der Waals surface area contributed by atoms with Crippen LogP contribution in [0.1, 0.15) is 48.7 Å². The van der Waals surface area contributed by atoms with Crippen LogP contribution in [0.4, 0.5) is 10.5 Å². The van der Waals surface area contributed by atoms with Crippen molar-refractivity contribution in [3.8, 4) is 5.75 Å². The second-order valence-corrected chi connectivity index (χ2v) is 7.74. The van der Waals surface area contributed by atoms with Gasteiger partial charge < -0.3 is 19.7 Å². The van der Waals surface area contributed by atoms with Gasteiger partial charge in [-0.3, -0.25) is 14.7 Å². The molecule has 174 valence electrons. The fraction of sp³-hybridized carbons (Fsp3) is 0.391. The smallest absolute Gasteiger partial charge is 0.409 e. The molecular weight excluding hydrogens is 426 g/mol. The Labute approximate surface area is 190 Å². The van der Waals surface area contributed by atoms with Crippen molar-refractivity contribution in [2.75, 3.05) is 31.6 Å². The van der Waals surface area contributed by atoms with Gasteiger partial charge in [-0.1, -0.05) is 0 Å². The molecule has 4 rings (SSSR count). The number of carbonyl (C=O) groups excluding carboxylic acids is 2. The van der Waals surface area contributed by atoms with Crippen molar-refractivity contribution in [3.63, 3.8) is 0 Å². The van der Waals surface area contributed by atoms with Crippen LogP contribution in [-0.4, -0.2) is 57.8 Å². The van der Waals surface area contributed by atoms with Gasteiger partial charge in [-0.25, -0.2) is 14.3 Å². The second kappa shape index (κ2) is 9.76. The van der Waals surface area contributed by atoms with E-state index >= 15 is 0 Å². The molecule has 10 nitrogen and oxygen atoms in total. The quantitative estimate of drug-likeness (QED) is 0.592.